The van der Waals surface area contributed by atoms with Gasteiger partial charge >= 0.3 is 0 Å². The zero-order chi connectivity index (χ0) is 11.0. The van der Waals surface area contributed by atoms with Crippen LogP contribution in [0.15, 0.2) is 16.9 Å². The molecular formula is C9H9N3O3. The van der Waals surface area contributed by atoms with Gasteiger partial charge in [-0.2, -0.15) is 0 Å². The number of amides is 2. The van der Waals surface area contributed by atoms with Crippen LogP contribution in [-0.2, 0) is 6.54 Å². The molecule has 6 heteroatoms. The summed E-state index contributed by atoms with van der Waals surface area (Å²) in [4.78, 5) is 33.9. The predicted molar refractivity (Wildman–Crippen MR) is 51.6 cm³/mol. The number of fused-ring (bicyclic) bond motifs is 1. The molecule has 2 heterocycles. The Balaban J connectivity index is 2.67. The van der Waals surface area contributed by atoms with Gasteiger partial charge < -0.3 is 15.6 Å². The molecule has 0 spiro atoms. The number of nitrogens with one attached hydrogen (secondary N) is 1. The van der Waals surface area contributed by atoms with Gasteiger partial charge in [-0.3, -0.25) is 14.4 Å². The molecule has 0 unspecified atom stereocenters. The average molecular weight is 207 g/mol. The Morgan fingerprint density at radius 3 is 2.80 bits per heavy atom. The van der Waals surface area contributed by atoms with Crippen molar-refractivity contribution < 1.29 is 9.59 Å². The Morgan fingerprint density at radius 2 is 2.13 bits per heavy atom. The van der Waals surface area contributed by atoms with Gasteiger partial charge in [-0.1, -0.05) is 0 Å². The number of aromatic nitrogens is 1. The first-order valence-corrected chi connectivity index (χ1v) is 4.43. The standard InChI is InChI=1S/C9H9N3O3/c10-7(13)5-1-2-6-8(14)11-3-4-12(6)9(5)15/h1-2H,3-4H2,(H2,10,13)(H,11,14). The van der Waals surface area contributed by atoms with E-state index in [0.29, 0.717) is 13.1 Å². The minimum Gasteiger partial charge on any atom is -0.365 e. The van der Waals surface area contributed by atoms with Crippen molar-refractivity contribution in [1.29, 1.82) is 0 Å². The quantitative estimate of drug-likeness (QED) is 0.598. The number of hydrogen-bond donors (Lipinski definition) is 2. The van der Waals surface area contributed by atoms with Gasteiger partial charge in [0, 0.05) is 13.1 Å². The van der Waals surface area contributed by atoms with Gasteiger partial charge in [0.25, 0.3) is 17.4 Å². The molecule has 0 saturated carbocycles. The summed E-state index contributed by atoms with van der Waals surface area (Å²) in [6.45, 7) is 0.745. The molecule has 0 atom stereocenters. The topological polar surface area (TPSA) is 94.2 Å². The van der Waals surface area contributed by atoms with Crippen molar-refractivity contribution in [3.05, 3.63) is 33.7 Å². The molecule has 2 amide bonds. The molecule has 0 aromatic carbocycles. The van der Waals surface area contributed by atoms with Crippen LogP contribution < -0.4 is 16.6 Å². The Bertz CT molecular complexity index is 504. The van der Waals surface area contributed by atoms with Crippen LogP contribution in [0.2, 0.25) is 0 Å². The first-order chi connectivity index (χ1) is 7.11. The van der Waals surface area contributed by atoms with Crippen molar-refractivity contribution in [3.8, 4) is 0 Å². The van der Waals surface area contributed by atoms with E-state index in [1.54, 1.807) is 0 Å². The van der Waals surface area contributed by atoms with Gasteiger partial charge in [0.1, 0.15) is 11.3 Å². The van der Waals surface area contributed by atoms with Crippen molar-refractivity contribution in [2.45, 2.75) is 6.54 Å². The SMILES string of the molecule is NC(=O)c1ccc2n(c1=O)CCNC2=O. The van der Waals surface area contributed by atoms with E-state index in [1.165, 1.54) is 16.7 Å². The third-order valence-corrected chi connectivity index (χ3v) is 2.29. The largest absolute Gasteiger partial charge is 0.365 e. The maximum atomic E-state index is 11.7. The summed E-state index contributed by atoms with van der Waals surface area (Å²) in [6, 6.07) is 2.71. The van der Waals surface area contributed by atoms with Crippen LogP contribution in [0.5, 0.6) is 0 Å². The lowest BCUT2D eigenvalue weighted by atomic mass is 10.2. The number of nitrogens with two attached hydrogens (primary N) is 1. The molecule has 78 valence electrons. The second-order valence-corrected chi connectivity index (χ2v) is 3.21. The first-order valence-electron chi connectivity index (χ1n) is 4.43. The Labute approximate surface area is 84.7 Å². The molecule has 2 rings (SSSR count). The van der Waals surface area contributed by atoms with E-state index in [4.69, 9.17) is 5.73 Å². The fourth-order valence-electron chi connectivity index (χ4n) is 1.56. The van der Waals surface area contributed by atoms with E-state index in [0.717, 1.165) is 0 Å². The molecular weight excluding hydrogens is 198 g/mol. The molecule has 1 aliphatic rings. The summed E-state index contributed by atoms with van der Waals surface area (Å²) in [6.07, 6.45) is 0. The van der Waals surface area contributed by atoms with Gasteiger partial charge in [0.2, 0.25) is 0 Å². The van der Waals surface area contributed by atoms with E-state index >= 15 is 0 Å². The van der Waals surface area contributed by atoms with Crippen molar-refractivity contribution >= 4 is 11.8 Å². The first kappa shape index (κ1) is 9.45. The van der Waals surface area contributed by atoms with E-state index in [2.05, 4.69) is 5.32 Å². The molecule has 6 nitrogen and oxygen atoms in total. The highest BCUT2D eigenvalue weighted by Gasteiger charge is 2.19. The molecule has 0 bridgehead atoms. The van der Waals surface area contributed by atoms with Crippen molar-refractivity contribution in [2.75, 3.05) is 6.54 Å². The maximum Gasteiger partial charge on any atom is 0.268 e. The predicted octanol–water partition coefficient (Wildman–Crippen LogP) is -1.31. The Kier molecular flexibility index (Phi) is 2.03. The molecule has 0 radical (unpaired) electrons. The number of carbonyl (C=O) groups is 2. The molecule has 15 heavy (non-hydrogen) atoms. The number of nitrogens with zero attached hydrogens (tertiary/aromatic N) is 1. The van der Waals surface area contributed by atoms with Crippen LogP contribution in [0, 0.1) is 0 Å². The van der Waals surface area contributed by atoms with Crippen LogP contribution in [-0.4, -0.2) is 22.9 Å². The number of pyridine rings is 1. The third-order valence-electron chi connectivity index (χ3n) is 2.29. The molecule has 0 fully saturated rings. The fraction of sp³-hybridized carbons (Fsp3) is 0.222. The minimum atomic E-state index is -0.777. The molecule has 1 aromatic rings. The lowest BCUT2D eigenvalue weighted by molar-refractivity contribution is 0.0921. The molecule has 0 saturated heterocycles. The van der Waals surface area contributed by atoms with E-state index in [-0.39, 0.29) is 17.2 Å². The number of carbonyl (C=O) groups excluding carboxylic acids is 2. The monoisotopic (exact) mass is 207 g/mol. The molecule has 1 aromatic heterocycles. The zero-order valence-corrected chi connectivity index (χ0v) is 7.82. The summed E-state index contributed by atoms with van der Waals surface area (Å²) in [5, 5.41) is 2.60. The van der Waals surface area contributed by atoms with Crippen molar-refractivity contribution in [2.24, 2.45) is 5.73 Å². The van der Waals surface area contributed by atoms with Crippen molar-refractivity contribution in [1.82, 2.24) is 9.88 Å². The summed E-state index contributed by atoms with van der Waals surface area (Å²) in [5.41, 5.74) is 4.70. The van der Waals surface area contributed by atoms with Crippen LogP contribution >= 0.6 is 0 Å². The zero-order valence-electron chi connectivity index (χ0n) is 7.82. The Morgan fingerprint density at radius 1 is 1.40 bits per heavy atom. The highest BCUT2D eigenvalue weighted by molar-refractivity contribution is 5.96. The van der Waals surface area contributed by atoms with Gasteiger partial charge in [0.15, 0.2) is 0 Å². The second-order valence-electron chi connectivity index (χ2n) is 3.21. The summed E-state index contributed by atoms with van der Waals surface area (Å²) < 4.78 is 1.26. The normalized spacial score (nSPS) is 14.3. The highest BCUT2D eigenvalue weighted by Crippen LogP contribution is 2.03. The van der Waals surface area contributed by atoms with Crippen LogP contribution in [0.25, 0.3) is 0 Å². The fourth-order valence-corrected chi connectivity index (χ4v) is 1.56. The minimum absolute atomic E-state index is 0.0894. The highest BCUT2D eigenvalue weighted by atomic mass is 16.2. The van der Waals surface area contributed by atoms with E-state index in [1.807, 2.05) is 0 Å². The number of rotatable bonds is 1. The van der Waals surface area contributed by atoms with Gasteiger partial charge in [0.05, 0.1) is 0 Å². The Hall–Kier alpha value is -2.11. The van der Waals surface area contributed by atoms with Crippen molar-refractivity contribution in [3.63, 3.8) is 0 Å². The molecule has 3 N–H and O–H groups in total. The van der Waals surface area contributed by atoms with Gasteiger partial charge in [-0.25, -0.2) is 0 Å². The van der Waals surface area contributed by atoms with Crippen LogP contribution in [0.4, 0.5) is 0 Å². The number of primary amides is 1. The lowest BCUT2D eigenvalue weighted by Crippen LogP contribution is -2.43. The average Bonchev–Trinajstić information content (AvgIpc) is 2.19. The number of hydrogen-bond acceptors (Lipinski definition) is 3. The molecule has 1 aliphatic heterocycles. The van der Waals surface area contributed by atoms with Crippen LogP contribution in [0.1, 0.15) is 20.8 Å². The lowest BCUT2D eigenvalue weighted by Gasteiger charge is -2.18. The van der Waals surface area contributed by atoms with Crippen LogP contribution in [0.3, 0.4) is 0 Å². The van der Waals surface area contributed by atoms with E-state index in [9.17, 15) is 14.4 Å². The smallest absolute Gasteiger partial charge is 0.268 e. The summed E-state index contributed by atoms with van der Waals surface area (Å²) in [7, 11) is 0. The third kappa shape index (κ3) is 1.39. The summed E-state index contributed by atoms with van der Waals surface area (Å²) in [5.74, 6) is -1.09. The maximum absolute atomic E-state index is 11.7. The van der Waals surface area contributed by atoms with Gasteiger partial charge in [-0.05, 0) is 12.1 Å². The summed E-state index contributed by atoms with van der Waals surface area (Å²) >= 11 is 0. The van der Waals surface area contributed by atoms with Gasteiger partial charge in [-0.15, -0.1) is 0 Å². The second kappa shape index (κ2) is 3.23. The molecule has 0 aliphatic carbocycles. The van der Waals surface area contributed by atoms with E-state index < -0.39 is 11.5 Å².